The van der Waals surface area contributed by atoms with Gasteiger partial charge in [0.05, 0.1) is 0 Å². The van der Waals surface area contributed by atoms with Crippen LogP contribution in [0.3, 0.4) is 0 Å². The van der Waals surface area contributed by atoms with Crippen LogP contribution in [0.1, 0.15) is 0 Å². The van der Waals surface area contributed by atoms with Gasteiger partial charge in [0, 0.05) is 24.7 Å². The van der Waals surface area contributed by atoms with E-state index < -0.39 is 6.29 Å². The molecule has 0 N–H and O–H groups in total. The summed E-state index contributed by atoms with van der Waals surface area (Å²) in [7, 11) is 1.51. The summed E-state index contributed by atoms with van der Waals surface area (Å²) < 4.78 is 9.90. The maximum atomic E-state index is 10.9. The minimum Gasteiger partial charge on any atom is -0.428 e. The Kier molecular flexibility index (Phi) is 2.36. The average Bonchev–Trinajstić information content (AvgIpc) is 2.71. The lowest BCUT2D eigenvalue weighted by atomic mass is 9.97. The number of hydrogen-bond acceptors (Lipinski definition) is 3. The first-order valence-electron chi connectivity index (χ1n) is 3.98. The molecule has 2 aliphatic rings. The minimum absolute atomic E-state index is 0.344. The van der Waals surface area contributed by atoms with Crippen LogP contribution in [-0.4, -0.2) is 19.4 Å². The van der Waals surface area contributed by atoms with Crippen molar-refractivity contribution in [3.63, 3.8) is 0 Å². The first-order valence-corrected chi connectivity index (χ1v) is 3.98. The summed E-state index contributed by atoms with van der Waals surface area (Å²) in [5.74, 6) is 0.626. The summed E-state index contributed by atoms with van der Waals surface area (Å²) in [4.78, 5) is 10.9. The minimum atomic E-state index is -0.546. The van der Waals surface area contributed by atoms with Gasteiger partial charge in [0.1, 0.15) is 0 Å². The second kappa shape index (κ2) is 3.50. The highest BCUT2D eigenvalue weighted by Gasteiger charge is 2.33. The van der Waals surface area contributed by atoms with Crippen molar-refractivity contribution in [1.29, 1.82) is 0 Å². The highest BCUT2D eigenvalue weighted by atomic mass is 16.7. The second-order valence-electron chi connectivity index (χ2n) is 2.78. The van der Waals surface area contributed by atoms with Gasteiger partial charge >= 0.3 is 5.97 Å². The topological polar surface area (TPSA) is 35.5 Å². The molecule has 1 aliphatic heterocycles. The van der Waals surface area contributed by atoms with Crippen LogP contribution in [0.4, 0.5) is 0 Å². The van der Waals surface area contributed by atoms with Gasteiger partial charge in [0.15, 0.2) is 0 Å². The molecule has 1 saturated carbocycles. The molecule has 67 valence electrons. The molecule has 1 heterocycles. The van der Waals surface area contributed by atoms with Crippen LogP contribution >= 0.6 is 0 Å². The fourth-order valence-corrected chi connectivity index (χ4v) is 1.36. The van der Waals surface area contributed by atoms with Crippen molar-refractivity contribution < 1.29 is 14.3 Å². The van der Waals surface area contributed by atoms with E-state index >= 15 is 0 Å². The summed E-state index contributed by atoms with van der Waals surface area (Å²) in [6.07, 6.45) is 8.57. The molecule has 0 saturated heterocycles. The van der Waals surface area contributed by atoms with Crippen LogP contribution in [0.15, 0.2) is 11.6 Å². The Hall–Kier alpha value is -0.830. The number of ether oxygens (including phenoxy) is 2. The van der Waals surface area contributed by atoms with E-state index in [2.05, 4.69) is 0 Å². The van der Waals surface area contributed by atoms with E-state index in [-0.39, 0.29) is 5.97 Å². The number of methoxy groups -OCH3 is 1. The van der Waals surface area contributed by atoms with Crippen LogP contribution in [-0.2, 0) is 14.3 Å². The van der Waals surface area contributed by atoms with E-state index in [4.69, 9.17) is 9.47 Å². The summed E-state index contributed by atoms with van der Waals surface area (Å²) >= 11 is 0. The molecule has 5 radical (unpaired) electrons. The SMILES string of the molecule is COC1OC(=O)C=C1[C]1[CH][CH][CH][CH]1. The molecular weight excluding hydrogens is 168 g/mol. The fraction of sp³-hybridized carbons (Fsp3) is 0.200. The Morgan fingerprint density at radius 3 is 2.69 bits per heavy atom. The number of esters is 1. The van der Waals surface area contributed by atoms with E-state index in [0.717, 1.165) is 11.5 Å². The van der Waals surface area contributed by atoms with Gasteiger partial charge in [0.25, 0.3) is 0 Å². The van der Waals surface area contributed by atoms with Crippen molar-refractivity contribution in [2.75, 3.05) is 7.11 Å². The van der Waals surface area contributed by atoms with Crippen LogP contribution in [0.5, 0.6) is 0 Å². The smallest absolute Gasteiger partial charge is 0.333 e. The molecule has 3 nitrogen and oxygen atoms in total. The lowest BCUT2D eigenvalue weighted by Gasteiger charge is -2.15. The van der Waals surface area contributed by atoms with E-state index in [1.54, 1.807) is 0 Å². The molecule has 0 bridgehead atoms. The molecule has 0 aromatic heterocycles. The molecule has 3 heteroatoms. The summed E-state index contributed by atoms with van der Waals surface area (Å²) in [6, 6.07) is 0. The number of carbonyl (C=O) groups is 1. The molecule has 1 aliphatic carbocycles. The van der Waals surface area contributed by atoms with Gasteiger partial charge in [-0.2, -0.15) is 0 Å². The van der Waals surface area contributed by atoms with Crippen LogP contribution in [0, 0.1) is 31.6 Å². The van der Waals surface area contributed by atoms with Gasteiger partial charge in [-0.25, -0.2) is 4.79 Å². The van der Waals surface area contributed by atoms with Gasteiger partial charge in [-0.05, 0) is 25.7 Å². The van der Waals surface area contributed by atoms with Crippen LogP contribution < -0.4 is 0 Å². The standard InChI is InChI=1S/C10H9O3/c1-12-10-8(6-9(11)13-10)7-4-2-3-5-7/h2-6,10H,1H3. The Bertz CT molecular complexity index is 239. The first-order chi connectivity index (χ1) is 6.31. The number of cyclic esters (lactones) is 1. The Morgan fingerprint density at radius 1 is 1.38 bits per heavy atom. The quantitative estimate of drug-likeness (QED) is 0.586. The molecule has 2 rings (SSSR count). The molecule has 1 atom stereocenters. The third-order valence-electron chi connectivity index (χ3n) is 1.96. The second-order valence-corrected chi connectivity index (χ2v) is 2.78. The Labute approximate surface area is 77.7 Å². The molecule has 0 aromatic rings. The van der Waals surface area contributed by atoms with Crippen molar-refractivity contribution in [3.8, 4) is 0 Å². The Balaban J connectivity index is 2.10. The van der Waals surface area contributed by atoms with Crippen molar-refractivity contribution in [3.05, 3.63) is 43.3 Å². The molecule has 1 unspecified atom stereocenters. The highest BCUT2D eigenvalue weighted by molar-refractivity contribution is 5.87. The summed E-state index contributed by atoms with van der Waals surface area (Å²) in [5.41, 5.74) is 0.789. The van der Waals surface area contributed by atoms with Gasteiger partial charge in [-0.1, -0.05) is 0 Å². The van der Waals surface area contributed by atoms with Crippen LogP contribution in [0.2, 0.25) is 0 Å². The summed E-state index contributed by atoms with van der Waals surface area (Å²) in [6.45, 7) is 0. The third kappa shape index (κ3) is 1.61. The zero-order valence-corrected chi connectivity index (χ0v) is 7.19. The molecular formula is C10H9O3. The zero-order chi connectivity index (χ0) is 9.26. The molecule has 0 spiro atoms. The van der Waals surface area contributed by atoms with Gasteiger partial charge in [0.2, 0.25) is 6.29 Å². The largest absolute Gasteiger partial charge is 0.428 e. The normalized spacial score (nSPS) is 29.2. The van der Waals surface area contributed by atoms with E-state index in [1.165, 1.54) is 13.2 Å². The fourth-order valence-electron chi connectivity index (χ4n) is 1.36. The third-order valence-corrected chi connectivity index (χ3v) is 1.96. The maximum Gasteiger partial charge on any atom is 0.333 e. The zero-order valence-electron chi connectivity index (χ0n) is 7.19. The van der Waals surface area contributed by atoms with E-state index in [1.807, 2.05) is 25.7 Å². The predicted molar refractivity (Wildman–Crippen MR) is 45.4 cm³/mol. The van der Waals surface area contributed by atoms with Crippen molar-refractivity contribution in [1.82, 2.24) is 0 Å². The lowest BCUT2D eigenvalue weighted by Crippen LogP contribution is -2.17. The van der Waals surface area contributed by atoms with E-state index in [9.17, 15) is 4.79 Å². The van der Waals surface area contributed by atoms with Gasteiger partial charge < -0.3 is 9.47 Å². The number of carbonyl (C=O) groups excluding carboxylic acids is 1. The van der Waals surface area contributed by atoms with Gasteiger partial charge in [-0.15, -0.1) is 0 Å². The predicted octanol–water partition coefficient (Wildman–Crippen LogP) is 0.847. The monoisotopic (exact) mass is 177 g/mol. The van der Waals surface area contributed by atoms with Crippen molar-refractivity contribution in [2.24, 2.45) is 0 Å². The number of hydrogen-bond donors (Lipinski definition) is 0. The molecule has 1 fully saturated rings. The molecule has 13 heavy (non-hydrogen) atoms. The Morgan fingerprint density at radius 2 is 2.08 bits per heavy atom. The van der Waals surface area contributed by atoms with Gasteiger partial charge in [-0.3, -0.25) is 0 Å². The van der Waals surface area contributed by atoms with Crippen molar-refractivity contribution >= 4 is 5.97 Å². The lowest BCUT2D eigenvalue weighted by molar-refractivity contribution is -0.155. The average molecular weight is 177 g/mol. The summed E-state index contributed by atoms with van der Waals surface area (Å²) in [5, 5.41) is 0. The number of rotatable bonds is 2. The molecule has 0 amide bonds. The maximum absolute atomic E-state index is 10.9. The highest BCUT2D eigenvalue weighted by Crippen LogP contribution is 2.35. The van der Waals surface area contributed by atoms with E-state index in [0.29, 0.717) is 0 Å². The van der Waals surface area contributed by atoms with Crippen LogP contribution in [0.25, 0.3) is 0 Å². The van der Waals surface area contributed by atoms with Crippen molar-refractivity contribution in [2.45, 2.75) is 6.29 Å². The first kappa shape index (κ1) is 8.75. The molecule has 0 aromatic carbocycles.